The lowest BCUT2D eigenvalue weighted by Crippen LogP contribution is -2.45. The van der Waals surface area contributed by atoms with Crippen LogP contribution in [0.5, 0.6) is 0 Å². The van der Waals surface area contributed by atoms with E-state index in [2.05, 4.69) is 0 Å². The molecule has 0 spiro atoms. The minimum absolute atomic E-state index is 0.0782. The molecule has 0 radical (unpaired) electrons. The van der Waals surface area contributed by atoms with Crippen molar-refractivity contribution in [3.63, 3.8) is 0 Å². The average molecular weight is 296 g/mol. The Hall–Kier alpha value is -2.02. The topological polar surface area (TPSA) is 72.7 Å². The number of nitro benzene ring substituents is 1. The Kier molecular flexibility index (Phi) is 4.52. The molecule has 0 aliphatic carbocycles. The molecule has 1 unspecified atom stereocenters. The van der Waals surface area contributed by atoms with Gasteiger partial charge in [0, 0.05) is 25.2 Å². The number of hydrogen-bond donors (Lipinski definition) is 0. The van der Waals surface area contributed by atoms with E-state index in [9.17, 15) is 19.3 Å². The normalized spacial score (nSPS) is 18.6. The first-order chi connectivity index (χ1) is 9.93. The highest BCUT2D eigenvalue weighted by Crippen LogP contribution is 2.23. The summed E-state index contributed by atoms with van der Waals surface area (Å²) in [5.74, 6) is -1.23. The maximum Gasteiger partial charge on any atom is 0.270 e. The number of rotatable bonds is 3. The van der Waals surface area contributed by atoms with Crippen molar-refractivity contribution in [1.82, 2.24) is 4.90 Å². The van der Waals surface area contributed by atoms with Gasteiger partial charge in [0.2, 0.25) is 0 Å². The van der Waals surface area contributed by atoms with Gasteiger partial charge in [0.1, 0.15) is 5.82 Å². The van der Waals surface area contributed by atoms with Crippen LogP contribution in [-0.4, -0.2) is 41.5 Å². The molecule has 7 heteroatoms. The molecule has 0 aromatic heterocycles. The van der Waals surface area contributed by atoms with Gasteiger partial charge >= 0.3 is 0 Å². The summed E-state index contributed by atoms with van der Waals surface area (Å²) in [5, 5.41) is 10.9. The van der Waals surface area contributed by atoms with E-state index in [0.717, 1.165) is 18.6 Å². The van der Waals surface area contributed by atoms with Gasteiger partial charge in [-0.1, -0.05) is 6.92 Å². The van der Waals surface area contributed by atoms with E-state index in [1.807, 2.05) is 6.92 Å². The number of halogens is 1. The molecule has 0 saturated carbocycles. The van der Waals surface area contributed by atoms with Gasteiger partial charge in [0.25, 0.3) is 11.6 Å². The molecule has 21 heavy (non-hydrogen) atoms. The van der Waals surface area contributed by atoms with E-state index < -0.39 is 16.6 Å². The molecule has 1 fully saturated rings. The first-order valence-electron chi connectivity index (χ1n) is 6.79. The lowest BCUT2D eigenvalue weighted by Gasteiger charge is -2.32. The largest absolute Gasteiger partial charge is 0.375 e. The second-order valence-electron chi connectivity index (χ2n) is 5.03. The zero-order valence-electron chi connectivity index (χ0n) is 12.0. The number of carbonyl (C=O) groups excluding carboxylic acids is 1. The molecular formula is C14H17FN2O4. The number of aryl methyl sites for hydroxylation is 1. The zero-order chi connectivity index (χ0) is 15.6. The van der Waals surface area contributed by atoms with Crippen LogP contribution < -0.4 is 0 Å². The number of non-ortho nitro benzene ring substituents is 1. The molecule has 1 saturated heterocycles. The minimum atomic E-state index is -0.704. The third-order valence-corrected chi connectivity index (χ3v) is 3.56. The summed E-state index contributed by atoms with van der Waals surface area (Å²) in [7, 11) is 0. The fraction of sp³-hybridized carbons (Fsp3) is 0.500. The second-order valence-corrected chi connectivity index (χ2v) is 5.03. The molecule has 1 aromatic rings. The highest BCUT2D eigenvalue weighted by atomic mass is 19.1. The van der Waals surface area contributed by atoms with Crippen molar-refractivity contribution in [3.8, 4) is 0 Å². The molecule has 114 valence electrons. The van der Waals surface area contributed by atoms with E-state index in [-0.39, 0.29) is 22.9 Å². The van der Waals surface area contributed by atoms with Crippen molar-refractivity contribution in [3.05, 3.63) is 39.2 Å². The van der Waals surface area contributed by atoms with Crippen LogP contribution in [0.2, 0.25) is 0 Å². The third kappa shape index (κ3) is 3.18. The molecule has 1 aliphatic rings. The molecule has 1 aromatic carbocycles. The highest BCUT2D eigenvalue weighted by Gasteiger charge is 2.28. The van der Waals surface area contributed by atoms with Crippen LogP contribution in [0.3, 0.4) is 0 Å². The summed E-state index contributed by atoms with van der Waals surface area (Å²) in [5.41, 5.74) is -0.441. The molecule has 1 heterocycles. The number of benzene rings is 1. The Bertz CT molecular complexity index is 576. The zero-order valence-corrected chi connectivity index (χ0v) is 12.0. The second kappa shape index (κ2) is 6.17. The maximum absolute atomic E-state index is 14.1. The van der Waals surface area contributed by atoms with E-state index in [1.165, 1.54) is 11.8 Å². The van der Waals surface area contributed by atoms with Crippen molar-refractivity contribution >= 4 is 11.6 Å². The van der Waals surface area contributed by atoms with Crippen LogP contribution in [-0.2, 0) is 4.74 Å². The average Bonchev–Trinajstić information content (AvgIpc) is 2.49. The van der Waals surface area contributed by atoms with E-state index in [1.54, 1.807) is 0 Å². The lowest BCUT2D eigenvalue weighted by molar-refractivity contribution is -0.385. The predicted octanol–water partition coefficient (Wildman–Crippen LogP) is 2.29. The molecule has 0 bridgehead atoms. The number of hydrogen-bond acceptors (Lipinski definition) is 4. The molecule has 1 aliphatic heterocycles. The summed E-state index contributed by atoms with van der Waals surface area (Å²) >= 11 is 0. The molecule has 2 rings (SSSR count). The SMILES string of the molecule is CCC1CN(C(=O)c2cc([N+](=O)[O-])cc(C)c2F)CCO1. The van der Waals surface area contributed by atoms with Gasteiger partial charge in [-0.15, -0.1) is 0 Å². The van der Waals surface area contributed by atoms with Gasteiger partial charge in [0.15, 0.2) is 0 Å². The van der Waals surface area contributed by atoms with Gasteiger partial charge in [-0.25, -0.2) is 4.39 Å². The number of carbonyl (C=O) groups is 1. The van der Waals surface area contributed by atoms with Gasteiger partial charge in [-0.05, 0) is 18.9 Å². The molecule has 1 atom stereocenters. The summed E-state index contributed by atoms with van der Waals surface area (Å²) in [6, 6.07) is 2.13. The molecular weight excluding hydrogens is 279 g/mol. The number of ether oxygens (including phenoxy) is 1. The van der Waals surface area contributed by atoms with Crippen LogP contribution in [0.15, 0.2) is 12.1 Å². The highest BCUT2D eigenvalue weighted by molar-refractivity contribution is 5.95. The summed E-state index contributed by atoms with van der Waals surface area (Å²) in [6.45, 7) is 4.47. The summed E-state index contributed by atoms with van der Waals surface area (Å²) in [6.07, 6.45) is 0.672. The van der Waals surface area contributed by atoms with Crippen molar-refractivity contribution in [2.45, 2.75) is 26.4 Å². The van der Waals surface area contributed by atoms with Crippen LogP contribution in [0.25, 0.3) is 0 Å². The van der Waals surface area contributed by atoms with Crippen molar-refractivity contribution in [2.24, 2.45) is 0 Å². The molecule has 0 N–H and O–H groups in total. The van der Waals surface area contributed by atoms with E-state index in [0.29, 0.717) is 19.7 Å². The summed E-state index contributed by atoms with van der Waals surface area (Å²) in [4.78, 5) is 24.1. The maximum atomic E-state index is 14.1. The number of amides is 1. The Morgan fingerprint density at radius 3 is 2.90 bits per heavy atom. The third-order valence-electron chi connectivity index (χ3n) is 3.56. The van der Waals surface area contributed by atoms with Gasteiger partial charge in [-0.2, -0.15) is 0 Å². The monoisotopic (exact) mass is 296 g/mol. The standard InChI is InChI=1S/C14H17FN2O4/c1-3-11-8-16(4-5-21-11)14(18)12-7-10(17(19)20)6-9(2)13(12)15/h6-7,11H,3-5,8H2,1-2H3. The first-order valence-corrected chi connectivity index (χ1v) is 6.79. The summed E-state index contributed by atoms with van der Waals surface area (Å²) < 4.78 is 19.6. The van der Waals surface area contributed by atoms with E-state index >= 15 is 0 Å². The van der Waals surface area contributed by atoms with Gasteiger partial charge in [-0.3, -0.25) is 14.9 Å². The number of nitro groups is 1. The Balaban J connectivity index is 2.32. The lowest BCUT2D eigenvalue weighted by atomic mass is 10.1. The van der Waals surface area contributed by atoms with Crippen LogP contribution in [0.4, 0.5) is 10.1 Å². The van der Waals surface area contributed by atoms with Crippen molar-refractivity contribution in [2.75, 3.05) is 19.7 Å². The van der Waals surface area contributed by atoms with Crippen LogP contribution in [0, 0.1) is 22.9 Å². The van der Waals surface area contributed by atoms with Gasteiger partial charge < -0.3 is 9.64 Å². The van der Waals surface area contributed by atoms with Crippen LogP contribution in [0.1, 0.15) is 29.3 Å². The smallest absolute Gasteiger partial charge is 0.270 e. The van der Waals surface area contributed by atoms with Crippen molar-refractivity contribution in [1.29, 1.82) is 0 Å². The minimum Gasteiger partial charge on any atom is -0.375 e. The quantitative estimate of drug-likeness (QED) is 0.633. The number of nitrogens with zero attached hydrogens (tertiary/aromatic N) is 2. The Labute approximate surface area is 121 Å². The first kappa shape index (κ1) is 15.4. The van der Waals surface area contributed by atoms with Crippen molar-refractivity contribution < 1.29 is 18.8 Å². The number of morpholine rings is 1. The molecule has 6 nitrogen and oxygen atoms in total. The predicted molar refractivity (Wildman–Crippen MR) is 73.7 cm³/mol. The van der Waals surface area contributed by atoms with Gasteiger partial charge in [0.05, 0.1) is 23.2 Å². The van der Waals surface area contributed by atoms with E-state index in [4.69, 9.17) is 4.74 Å². The fourth-order valence-corrected chi connectivity index (χ4v) is 2.33. The Morgan fingerprint density at radius 2 is 2.29 bits per heavy atom. The fourth-order valence-electron chi connectivity index (χ4n) is 2.33. The molecule has 1 amide bonds. The van der Waals surface area contributed by atoms with Crippen LogP contribution >= 0.6 is 0 Å². The Morgan fingerprint density at radius 1 is 1.57 bits per heavy atom.